The van der Waals surface area contributed by atoms with Gasteiger partial charge in [-0.3, -0.25) is 4.79 Å². The lowest BCUT2D eigenvalue weighted by Crippen LogP contribution is -2.30. The van der Waals surface area contributed by atoms with Crippen LogP contribution in [0.2, 0.25) is 5.02 Å². The van der Waals surface area contributed by atoms with Crippen molar-refractivity contribution in [2.24, 2.45) is 0 Å². The molecule has 0 aliphatic rings. The van der Waals surface area contributed by atoms with Gasteiger partial charge in [-0.2, -0.15) is 5.26 Å². The first-order chi connectivity index (χ1) is 6.50. The van der Waals surface area contributed by atoms with Gasteiger partial charge in [0, 0.05) is 5.02 Å². The van der Waals surface area contributed by atoms with Crippen LogP contribution in [0.5, 0.6) is 0 Å². The van der Waals surface area contributed by atoms with Gasteiger partial charge in [0.15, 0.2) is 5.41 Å². The van der Waals surface area contributed by atoms with Crippen LogP contribution in [-0.4, -0.2) is 11.1 Å². The van der Waals surface area contributed by atoms with E-state index in [4.69, 9.17) is 22.0 Å². The maximum atomic E-state index is 10.9. The van der Waals surface area contributed by atoms with Crippen molar-refractivity contribution in [3.63, 3.8) is 0 Å². The Hall–Kier alpha value is -1.53. The summed E-state index contributed by atoms with van der Waals surface area (Å²) in [5.74, 6) is -1.16. The number of hydrogen-bond acceptors (Lipinski definition) is 2. The number of nitriles is 1. The van der Waals surface area contributed by atoms with Crippen LogP contribution >= 0.6 is 11.6 Å². The highest BCUT2D eigenvalue weighted by atomic mass is 35.5. The summed E-state index contributed by atoms with van der Waals surface area (Å²) < 4.78 is 0. The molecule has 0 aliphatic carbocycles. The predicted molar refractivity (Wildman–Crippen MR) is 52.1 cm³/mol. The molecule has 0 saturated carbocycles. The minimum absolute atomic E-state index is 0.428. The fourth-order valence-corrected chi connectivity index (χ4v) is 1.15. The van der Waals surface area contributed by atoms with Crippen molar-refractivity contribution in [3.8, 4) is 6.07 Å². The maximum Gasteiger partial charge on any atom is 0.328 e. The highest BCUT2D eigenvalue weighted by Gasteiger charge is 2.35. The minimum atomic E-state index is -1.51. The third kappa shape index (κ3) is 1.70. The SMILES string of the molecule is CC(C#N)(C(=O)O)c1ccc(Cl)cc1. The zero-order chi connectivity index (χ0) is 10.8. The number of aliphatic carboxylic acids is 1. The zero-order valence-electron chi connectivity index (χ0n) is 7.49. The fourth-order valence-electron chi connectivity index (χ4n) is 1.02. The average Bonchev–Trinajstić information content (AvgIpc) is 2.17. The molecule has 1 N–H and O–H groups in total. The molecule has 0 saturated heterocycles. The molecule has 0 amide bonds. The fraction of sp³-hybridized carbons (Fsp3) is 0.200. The van der Waals surface area contributed by atoms with E-state index in [2.05, 4.69) is 0 Å². The Bertz CT molecular complexity index is 394. The molecule has 1 unspecified atom stereocenters. The van der Waals surface area contributed by atoms with Gasteiger partial charge in [-0.25, -0.2) is 0 Å². The second-order valence-corrected chi connectivity index (χ2v) is 3.49. The number of halogens is 1. The van der Waals surface area contributed by atoms with Crippen molar-refractivity contribution in [2.45, 2.75) is 12.3 Å². The number of rotatable bonds is 2. The smallest absolute Gasteiger partial charge is 0.328 e. The first-order valence-electron chi connectivity index (χ1n) is 3.91. The second kappa shape index (κ2) is 3.69. The van der Waals surface area contributed by atoms with Gasteiger partial charge in [0.1, 0.15) is 0 Å². The molecular weight excluding hydrogens is 202 g/mol. The lowest BCUT2D eigenvalue weighted by Gasteiger charge is -2.16. The Labute approximate surface area is 86.5 Å². The van der Waals surface area contributed by atoms with Crippen LogP contribution < -0.4 is 0 Å². The number of carboxylic acid groups (broad SMARTS) is 1. The van der Waals surface area contributed by atoms with Crippen molar-refractivity contribution in [1.82, 2.24) is 0 Å². The maximum absolute atomic E-state index is 10.9. The Kier molecular flexibility index (Phi) is 2.78. The molecule has 0 aromatic heterocycles. The Morgan fingerprint density at radius 3 is 2.36 bits per heavy atom. The summed E-state index contributed by atoms with van der Waals surface area (Å²) in [6.45, 7) is 1.36. The van der Waals surface area contributed by atoms with E-state index in [0.29, 0.717) is 10.6 Å². The van der Waals surface area contributed by atoms with Gasteiger partial charge in [-0.15, -0.1) is 0 Å². The molecule has 1 aromatic rings. The van der Waals surface area contributed by atoms with E-state index in [0.717, 1.165) is 0 Å². The minimum Gasteiger partial charge on any atom is -0.480 e. The summed E-state index contributed by atoms with van der Waals surface area (Å²) in [6.07, 6.45) is 0. The van der Waals surface area contributed by atoms with Crippen molar-refractivity contribution >= 4 is 17.6 Å². The molecule has 72 valence electrons. The molecule has 14 heavy (non-hydrogen) atoms. The monoisotopic (exact) mass is 209 g/mol. The normalized spacial score (nSPS) is 14.1. The van der Waals surface area contributed by atoms with Gasteiger partial charge in [0.25, 0.3) is 0 Å². The molecule has 0 fully saturated rings. The second-order valence-electron chi connectivity index (χ2n) is 3.05. The molecular formula is C10H8ClNO2. The quantitative estimate of drug-likeness (QED) is 0.812. The molecule has 0 heterocycles. The molecule has 0 bridgehead atoms. The summed E-state index contributed by atoms with van der Waals surface area (Å²) in [7, 11) is 0. The molecule has 1 rings (SSSR count). The van der Waals surface area contributed by atoms with Gasteiger partial charge < -0.3 is 5.11 Å². The molecule has 0 spiro atoms. The van der Waals surface area contributed by atoms with Crippen LogP contribution in [0.4, 0.5) is 0 Å². The van der Waals surface area contributed by atoms with E-state index in [9.17, 15) is 4.79 Å². The summed E-state index contributed by atoms with van der Waals surface area (Å²) in [5.41, 5.74) is -1.08. The number of nitrogens with zero attached hydrogens (tertiary/aromatic N) is 1. The van der Waals surface area contributed by atoms with E-state index in [1.165, 1.54) is 6.92 Å². The van der Waals surface area contributed by atoms with Crippen molar-refractivity contribution in [2.75, 3.05) is 0 Å². The van der Waals surface area contributed by atoms with Crippen LogP contribution in [0, 0.1) is 11.3 Å². The van der Waals surface area contributed by atoms with Gasteiger partial charge >= 0.3 is 5.97 Å². The average molecular weight is 210 g/mol. The highest BCUT2D eigenvalue weighted by Crippen LogP contribution is 2.24. The highest BCUT2D eigenvalue weighted by molar-refractivity contribution is 6.30. The van der Waals surface area contributed by atoms with Gasteiger partial charge in [-0.1, -0.05) is 23.7 Å². The number of hydrogen-bond donors (Lipinski definition) is 1. The summed E-state index contributed by atoms with van der Waals surface area (Å²) >= 11 is 5.65. The lowest BCUT2D eigenvalue weighted by atomic mass is 9.84. The summed E-state index contributed by atoms with van der Waals surface area (Å²) in [4.78, 5) is 10.9. The molecule has 0 aliphatic heterocycles. The zero-order valence-corrected chi connectivity index (χ0v) is 8.25. The lowest BCUT2D eigenvalue weighted by molar-refractivity contribution is -0.141. The first kappa shape index (κ1) is 10.6. The molecule has 1 aromatic carbocycles. The Morgan fingerprint density at radius 2 is 2.00 bits per heavy atom. The van der Waals surface area contributed by atoms with Crippen LogP contribution in [0.1, 0.15) is 12.5 Å². The molecule has 0 radical (unpaired) electrons. The molecule has 4 heteroatoms. The van der Waals surface area contributed by atoms with Crippen molar-refractivity contribution < 1.29 is 9.90 Å². The van der Waals surface area contributed by atoms with E-state index in [1.54, 1.807) is 30.3 Å². The topological polar surface area (TPSA) is 61.1 Å². The molecule has 1 atom stereocenters. The Balaban J connectivity index is 3.22. The van der Waals surface area contributed by atoms with Gasteiger partial charge in [-0.05, 0) is 24.6 Å². The van der Waals surface area contributed by atoms with Gasteiger partial charge in [0.05, 0.1) is 6.07 Å². The van der Waals surface area contributed by atoms with E-state index in [1.807, 2.05) is 0 Å². The standard InChI is InChI=1S/C10H8ClNO2/c1-10(6-12,9(13)14)7-2-4-8(11)5-3-7/h2-5H,1H3,(H,13,14). The number of carbonyl (C=O) groups is 1. The molecule has 3 nitrogen and oxygen atoms in total. The first-order valence-corrected chi connectivity index (χ1v) is 4.29. The number of benzene rings is 1. The van der Waals surface area contributed by atoms with E-state index in [-0.39, 0.29) is 0 Å². The summed E-state index contributed by atoms with van der Waals surface area (Å²) in [5, 5.41) is 18.2. The van der Waals surface area contributed by atoms with E-state index >= 15 is 0 Å². The summed E-state index contributed by atoms with van der Waals surface area (Å²) in [6, 6.07) is 7.98. The van der Waals surface area contributed by atoms with Crippen LogP contribution in [0.15, 0.2) is 24.3 Å². The van der Waals surface area contributed by atoms with Crippen molar-refractivity contribution in [1.29, 1.82) is 5.26 Å². The van der Waals surface area contributed by atoms with Gasteiger partial charge in [0.2, 0.25) is 0 Å². The predicted octanol–water partition coefficient (Wildman–Crippen LogP) is 2.21. The third-order valence-corrected chi connectivity index (χ3v) is 2.32. The van der Waals surface area contributed by atoms with Crippen molar-refractivity contribution in [3.05, 3.63) is 34.9 Å². The largest absolute Gasteiger partial charge is 0.480 e. The third-order valence-electron chi connectivity index (χ3n) is 2.07. The Morgan fingerprint density at radius 1 is 1.50 bits per heavy atom. The van der Waals surface area contributed by atoms with Crippen LogP contribution in [-0.2, 0) is 10.2 Å². The van der Waals surface area contributed by atoms with Crippen LogP contribution in [0.25, 0.3) is 0 Å². The number of carboxylic acids is 1. The van der Waals surface area contributed by atoms with E-state index < -0.39 is 11.4 Å². The van der Waals surface area contributed by atoms with Crippen LogP contribution in [0.3, 0.4) is 0 Å².